The van der Waals surface area contributed by atoms with Crippen LogP contribution in [0.2, 0.25) is 0 Å². The van der Waals surface area contributed by atoms with Crippen LogP contribution in [0.3, 0.4) is 0 Å². The van der Waals surface area contributed by atoms with Crippen LogP contribution in [-0.2, 0) is 4.79 Å². The summed E-state index contributed by atoms with van der Waals surface area (Å²) in [5.41, 5.74) is 0.482. The fourth-order valence-electron chi connectivity index (χ4n) is 1.62. The zero-order valence-corrected chi connectivity index (χ0v) is 10.7. The van der Waals surface area contributed by atoms with E-state index in [2.05, 4.69) is 0 Å². The van der Waals surface area contributed by atoms with Crippen molar-refractivity contribution in [2.45, 2.75) is 12.5 Å². The largest absolute Gasteiger partial charge is 0.497 e. The first-order valence-corrected chi connectivity index (χ1v) is 5.52. The lowest BCUT2D eigenvalue weighted by atomic mass is 10.0. The summed E-state index contributed by atoms with van der Waals surface area (Å²) in [5.74, 6) is -0.535. The quantitative estimate of drug-likeness (QED) is 0.771. The van der Waals surface area contributed by atoms with Crippen LogP contribution in [0.15, 0.2) is 24.3 Å². The number of nitrogens with zero attached hydrogens (tertiary/aromatic N) is 1. The molecule has 18 heavy (non-hydrogen) atoms. The molecule has 0 fully saturated rings. The summed E-state index contributed by atoms with van der Waals surface area (Å²) in [7, 11) is 4.92. The van der Waals surface area contributed by atoms with Crippen LogP contribution in [0.1, 0.15) is 16.8 Å². The molecule has 1 rings (SSSR count). The molecule has 0 aliphatic carbocycles. The maximum atomic E-state index is 12.2. The van der Waals surface area contributed by atoms with Gasteiger partial charge in [0.15, 0.2) is 5.78 Å². The summed E-state index contributed by atoms with van der Waals surface area (Å²) in [6.45, 7) is 0. The van der Waals surface area contributed by atoms with E-state index in [-0.39, 0.29) is 12.2 Å². The number of carboxylic acid groups (broad SMARTS) is 1. The molecule has 1 aromatic carbocycles. The Labute approximate surface area is 106 Å². The van der Waals surface area contributed by atoms with E-state index in [0.29, 0.717) is 11.3 Å². The lowest BCUT2D eigenvalue weighted by Crippen LogP contribution is -2.37. The predicted molar refractivity (Wildman–Crippen MR) is 67.1 cm³/mol. The summed E-state index contributed by atoms with van der Waals surface area (Å²) >= 11 is 0. The second-order valence-electron chi connectivity index (χ2n) is 4.17. The highest BCUT2D eigenvalue weighted by Crippen LogP contribution is 2.15. The van der Waals surface area contributed by atoms with Crippen molar-refractivity contribution in [3.05, 3.63) is 29.8 Å². The topological polar surface area (TPSA) is 66.8 Å². The molecule has 0 aliphatic heterocycles. The first kappa shape index (κ1) is 14.2. The van der Waals surface area contributed by atoms with Crippen molar-refractivity contribution in [1.82, 2.24) is 4.90 Å². The van der Waals surface area contributed by atoms with Crippen LogP contribution in [0, 0.1) is 0 Å². The molecular formula is C13H17NO4. The summed E-state index contributed by atoms with van der Waals surface area (Å²) in [5, 5.41) is 8.81. The Morgan fingerprint density at radius 3 is 2.22 bits per heavy atom. The smallest absolute Gasteiger partial charge is 0.305 e. The molecule has 98 valence electrons. The van der Waals surface area contributed by atoms with Crippen LogP contribution < -0.4 is 4.74 Å². The van der Waals surface area contributed by atoms with Crippen molar-refractivity contribution in [2.75, 3.05) is 21.2 Å². The number of Topliss-reactive ketones (excluding diaryl/α,β-unsaturated/α-hetero) is 1. The number of methoxy groups -OCH3 is 1. The molecule has 1 atom stereocenters. The van der Waals surface area contributed by atoms with Gasteiger partial charge in [-0.15, -0.1) is 0 Å². The SMILES string of the molecule is COc1ccc(C(=O)C(CC(=O)O)N(C)C)cc1. The van der Waals surface area contributed by atoms with E-state index < -0.39 is 12.0 Å². The van der Waals surface area contributed by atoms with Gasteiger partial charge in [-0.2, -0.15) is 0 Å². The standard InChI is InChI=1S/C13H17NO4/c1-14(2)11(8-12(15)16)13(17)9-4-6-10(18-3)7-5-9/h4-7,11H,8H2,1-3H3,(H,15,16). The van der Waals surface area contributed by atoms with Crippen LogP contribution in [-0.4, -0.2) is 49.0 Å². The summed E-state index contributed by atoms with van der Waals surface area (Å²) in [6, 6.07) is 5.98. The molecule has 1 aromatic rings. The molecule has 1 unspecified atom stereocenters. The predicted octanol–water partition coefficient (Wildman–Crippen LogP) is 1.28. The molecule has 0 saturated carbocycles. The van der Waals surface area contributed by atoms with Crippen molar-refractivity contribution in [3.8, 4) is 5.75 Å². The lowest BCUT2D eigenvalue weighted by Gasteiger charge is -2.21. The zero-order chi connectivity index (χ0) is 13.7. The van der Waals surface area contributed by atoms with Gasteiger partial charge in [-0.1, -0.05) is 0 Å². The third kappa shape index (κ3) is 3.56. The molecular weight excluding hydrogens is 234 g/mol. The number of hydrogen-bond acceptors (Lipinski definition) is 4. The Hall–Kier alpha value is -1.88. The minimum Gasteiger partial charge on any atom is -0.497 e. The van der Waals surface area contributed by atoms with E-state index in [1.807, 2.05) is 0 Å². The highest BCUT2D eigenvalue weighted by atomic mass is 16.5. The first-order valence-electron chi connectivity index (χ1n) is 5.52. The molecule has 0 bridgehead atoms. The fourth-order valence-corrected chi connectivity index (χ4v) is 1.62. The second kappa shape index (κ2) is 6.16. The number of rotatable bonds is 6. The van der Waals surface area contributed by atoms with Gasteiger partial charge >= 0.3 is 5.97 Å². The van der Waals surface area contributed by atoms with Crippen molar-refractivity contribution in [1.29, 1.82) is 0 Å². The van der Waals surface area contributed by atoms with Gasteiger partial charge in [0.25, 0.3) is 0 Å². The number of likely N-dealkylation sites (N-methyl/N-ethyl adjacent to an activating group) is 1. The number of carbonyl (C=O) groups is 2. The van der Waals surface area contributed by atoms with Gasteiger partial charge in [0.05, 0.1) is 19.6 Å². The highest BCUT2D eigenvalue weighted by molar-refractivity contribution is 6.01. The first-order chi connectivity index (χ1) is 8.45. The van der Waals surface area contributed by atoms with Gasteiger partial charge in [0.2, 0.25) is 0 Å². The maximum absolute atomic E-state index is 12.2. The van der Waals surface area contributed by atoms with Crippen LogP contribution >= 0.6 is 0 Å². The molecule has 0 saturated heterocycles. The van der Waals surface area contributed by atoms with Gasteiger partial charge in [0.1, 0.15) is 5.75 Å². The molecule has 0 aliphatic rings. The molecule has 0 radical (unpaired) electrons. The van der Waals surface area contributed by atoms with Gasteiger partial charge in [0, 0.05) is 5.56 Å². The van der Waals surface area contributed by atoms with E-state index in [1.165, 1.54) is 0 Å². The molecule has 0 heterocycles. The van der Waals surface area contributed by atoms with E-state index in [4.69, 9.17) is 9.84 Å². The van der Waals surface area contributed by atoms with Crippen LogP contribution in [0.4, 0.5) is 0 Å². The summed E-state index contributed by atoms with van der Waals surface area (Å²) in [4.78, 5) is 24.5. The number of benzene rings is 1. The Balaban J connectivity index is 2.90. The number of ether oxygens (including phenoxy) is 1. The molecule has 0 spiro atoms. The second-order valence-corrected chi connectivity index (χ2v) is 4.17. The number of hydrogen-bond donors (Lipinski definition) is 1. The Morgan fingerprint density at radius 2 is 1.83 bits per heavy atom. The van der Waals surface area contributed by atoms with E-state index >= 15 is 0 Å². The third-order valence-corrected chi connectivity index (χ3v) is 2.67. The minimum atomic E-state index is -0.990. The van der Waals surface area contributed by atoms with Crippen molar-refractivity contribution >= 4 is 11.8 Å². The van der Waals surface area contributed by atoms with Gasteiger partial charge < -0.3 is 9.84 Å². The molecule has 1 N–H and O–H groups in total. The summed E-state index contributed by atoms with van der Waals surface area (Å²) < 4.78 is 5.01. The number of carbonyl (C=O) groups excluding carboxylic acids is 1. The lowest BCUT2D eigenvalue weighted by molar-refractivity contribution is -0.137. The van der Waals surface area contributed by atoms with Crippen LogP contribution in [0.5, 0.6) is 5.75 Å². The fraction of sp³-hybridized carbons (Fsp3) is 0.385. The van der Waals surface area contributed by atoms with E-state index in [0.717, 1.165) is 0 Å². The average molecular weight is 251 g/mol. The van der Waals surface area contributed by atoms with Crippen molar-refractivity contribution in [2.24, 2.45) is 0 Å². The van der Waals surface area contributed by atoms with Crippen LogP contribution in [0.25, 0.3) is 0 Å². The minimum absolute atomic E-state index is 0.204. The summed E-state index contributed by atoms with van der Waals surface area (Å²) in [6.07, 6.45) is -0.210. The normalized spacial score (nSPS) is 12.2. The van der Waals surface area contributed by atoms with Crippen molar-refractivity contribution in [3.63, 3.8) is 0 Å². The zero-order valence-electron chi connectivity index (χ0n) is 10.7. The highest BCUT2D eigenvalue weighted by Gasteiger charge is 2.24. The van der Waals surface area contributed by atoms with Gasteiger partial charge in [-0.3, -0.25) is 14.5 Å². The maximum Gasteiger partial charge on any atom is 0.305 e. The average Bonchev–Trinajstić information content (AvgIpc) is 2.34. The van der Waals surface area contributed by atoms with Gasteiger partial charge in [-0.25, -0.2) is 0 Å². The van der Waals surface area contributed by atoms with Crippen molar-refractivity contribution < 1.29 is 19.4 Å². The Morgan fingerprint density at radius 1 is 1.28 bits per heavy atom. The molecule has 0 amide bonds. The number of carboxylic acids is 1. The van der Waals surface area contributed by atoms with E-state index in [9.17, 15) is 9.59 Å². The Bertz CT molecular complexity index is 425. The molecule has 5 heteroatoms. The molecule has 5 nitrogen and oxygen atoms in total. The Kier molecular flexibility index (Phi) is 4.85. The third-order valence-electron chi connectivity index (χ3n) is 2.67. The molecule has 0 aromatic heterocycles. The van der Waals surface area contributed by atoms with Gasteiger partial charge in [-0.05, 0) is 38.4 Å². The number of ketones is 1. The van der Waals surface area contributed by atoms with E-state index in [1.54, 1.807) is 50.4 Å². The number of aliphatic carboxylic acids is 1. The monoisotopic (exact) mass is 251 g/mol.